The monoisotopic (exact) mass is 365 g/mol. The molecule has 0 radical (unpaired) electrons. The second-order valence-electron chi connectivity index (χ2n) is 5.43. The molecule has 2 nitrogen and oxygen atoms in total. The van der Waals surface area contributed by atoms with Crippen molar-refractivity contribution in [1.82, 2.24) is 5.32 Å². The van der Waals surface area contributed by atoms with Crippen LogP contribution in [0.15, 0.2) is 22.7 Å². The average molecular weight is 366 g/mol. The maximum absolute atomic E-state index is 12.2. The van der Waals surface area contributed by atoms with Crippen LogP contribution < -0.4 is 10.1 Å². The number of alkyl halides is 3. The minimum absolute atomic E-state index is 0.211. The van der Waals surface area contributed by atoms with Crippen LogP contribution in [0.3, 0.4) is 0 Å². The molecular weight excluding hydrogens is 347 g/mol. The lowest BCUT2D eigenvalue weighted by Gasteiger charge is -2.12. The van der Waals surface area contributed by atoms with E-state index in [0.717, 1.165) is 18.0 Å². The highest BCUT2D eigenvalue weighted by Crippen LogP contribution is 2.31. The molecule has 1 aromatic carbocycles. The summed E-state index contributed by atoms with van der Waals surface area (Å²) in [5, 5.41) is 3.34. The summed E-state index contributed by atoms with van der Waals surface area (Å²) < 4.78 is 40.7. The van der Waals surface area contributed by atoms with Crippen LogP contribution in [0.25, 0.3) is 0 Å². The van der Waals surface area contributed by atoms with Crippen LogP contribution in [0, 0.1) is 5.92 Å². The molecule has 21 heavy (non-hydrogen) atoms. The van der Waals surface area contributed by atoms with E-state index in [1.807, 2.05) is 0 Å². The van der Waals surface area contributed by atoms with Crippen molar-refractivity contribution in [3.05, 3.63) is 28.2 Å². The molecule has 0 bridgehead atoms. The summed E-state index contributed by atoms with van der Waals surface area (Å²) in [5.41, 5.74) is 0.933. The van der Waals surface area contributed by atoms with Crippen LogP contribution in [0.2, 0.25) is 0 Å². The van der Waals surface area contributed by atoms with Gasteiger partial charge in [-0.2, -0.15) is 0 Å². The van der Waals surface area contributed by atoms with E-state index in [9.17, 15) is 13.2 Å². The van der Waals surface area contributed by atoms with Gasteiger partial charge < -0.3 is 10.1 Å². The normalized spacial score (nSPS) is 16.4. The maximum Gasteiger partial charge on any atom is 0.573 e. The van der Waals surface area contributed by atoms with E-state index in [1.165, 1.54) is 38.2 Å². The van der Waals surface area contributed by atoms with Crippen molar-refractivity contribution >= 4 is 15.9 Å². The zero-order valence-corrected chi connectivity index (χ0v) is 13.3. The molecule has 1 aliphatic carbocycles. The first-order valence-corrected chi connectivity index (χ1v) is 7.98. The van der Waals surface area contributed by atoms with Crippen LogP contribution >= 0.6 is 15.9 Å². The maximum atomic E-state index is 12.2. The quantitative estimate of drug-likeness (QED) is 0.714. The first-order valence-electron chi connectivity index (χ1n) is 7.19. The lowest BCUT2D eigenvalue weighted by atomic mass is 10.0. The second-order valence-corrected chi connectivity index (χ2v) is 6.28. The molecule has 1 fully saturated rings. The zero-order chi connectivity index (χ0) is 15.3. The Labute approximate surface area is 131 Å². The van der Waals surface area contributed by atoms with Gasteiger partial charge in [0.2, 0.25) is 0 Å². The minimum atomic E-state index is -4.66. The van der Waals surface area contributed by atoms with Crippen LogP contribution in [0.1, 0.15) is 37.7 Å². The van der Waals surface area contributed by atoms with E-state index in [0.29, 0.717) is 11.0 Å². The van der Waals surface area contributed by atoms with Gasteiger partial charge in [0.25, 0.3) is 0 Å². The number of ether oxygens (including phenoxy) is 1. The van der Waals surface area contributed by atoms with E-state index in [1.54, 1.807) is 12.1 Å². The smallest absolute Gasteiger partial charge is 0.405 e. The van der Waals surface area contributed by atoms with Crippen molar-refractivity contribution in [3.8, 4) is 5.75 Å². The van der Waals surface area contributed by atoms with E-state index in [2.05, 4.69) is 26.0 Å². The number of rotatable bonds is 6. The van der Waals surface area contributed by atoms with Crippen molar-refractivity contribution in [2.45, 2.75) is 45.0 Å². The predicted molar refractivity (Wildman–Crippen MR) is 79.1 cm³/mol. The van der Waals surface area contributed by atoms with E-state index in [-0.39, 0.29) is 5.75 Å². The van der Waals surface area contributed by atoms with Gasteiger partial charge in [0.1, 0.15) is 5.75 Å². The van der Waals surface area contributed by atoms with Gasteiger partial charge in [-0.05, 0) is 52.5 Å². The lowest BCUT2D eigenvalue weighted by Crippen LogP contribution is -2.18. The molecule has 0 heterocycles. The Balaban J connectivity index is 1.77. The van der Waals surface area contributed by atoms with E-state index in [4.69, 9.17) is 0 Å². The standard InChI is InChI=1S/C15H19BrF3NO/c16-13-9-12(5-6-14(13)21-15(17,18)19)10-20-8-7-11-3-1-2-4-11/h5-6,9,11,20H,1-4,7-8,10H2. The van der Waals surface area contributed by atoms with Crippen molar-refractivity contribution in [3.63, 3.8) is 0 Å². The summed E-state index contributed by atoms with van der Waals surface area (Å²) in [6.45, 7) is 1.60. The summed E-state index contributed by atoms with van der Waals surface area (Å²) in [6, 6.07) is 4.64. The molecule has 1 saturated carbocycles. The Kier molecular flexibility index (Phi) is 5.93. The predicted octanol–water partition coefficient (Wildman–Crippen LogP) is 5.02. The van der Waals surface area contributed by atoms with Gasteiger partial charge in [0.05, 0.1) is 4.47 Å². The Hall–Kier alpha value is -0.750. The third-order valence-corrected chi connectivity index (χ3v) is 4.37. The van der Waals surface area contributed by atoms with Crippen molar-refractivity contribution in [1.29, 1.82) is 0 Å². The molecule has 1 aromatic rings. The van der Waals surface area contributed by atoms with Gasteiger partial charge >= 0.3 is 6.36 Å². The number of benzene rings is 1. The molecule has 0 aromatic heterocycles. The van der Waals surface area contributed by atoms with E-state index < -0.39 is 6.36 Å². The molecule has 6 heteroatoms. The van der Waals surface area contributed by atoms with Gasteiger partial charge in [-0.25, -0.2) is 0 Å². The van der Waals surface area contributed by atoms with E-state index >= 15 is 0 Å². The molecule has 0 unspecified atom stereocenters. The van der Waals surface area contributed by atoms with Crippen LogP contribution in [0.4, 0.5) is 13.2 Å². The molecule has 1 N–H and O–H groups in total. The number of hydrogen-bond donors (Lipinski definition) is 1. The first-order chi connectivity index (χ1) is 9.94. The summed E-state index contributed by atoms with van der Waals surface area (Å²) in [6.07, 6.45) is 1.87. The highest BCUT2D eigenvalue weighted by molar-refractivity contribution is 9.10. The second kappa shape index (κ2) is 7.49. The highest BCUT2D eigenvalue weighted by Gasteiger charge is 2.31. The Bertz CT molecular complexity index is 459. The SMILES string of the molecule is FC(F)(F)Oc1ccc(CNCCC2CCCC2)cc1Br. The first kappa shape index (κ1) is 16.6. The topological polar surface area (TPSA) is 21.3 Å². The summed E-state index contributed by atoms with van der Waals surface area (Å²) in [7, 11) is 0. The van der Waals surface area contributed by atoms with Gasteiger partial charge in [-0.1, -0.05) is 31.7 Å². The summed E-state index contributed by atoms with van der Waals surface area (Å²) >= 11 is 3.11. The van der Waals surface area contributed by atoms with Crippen LogP contribution in [0.5, 0.6) is 5.75 Å². The highest BCUT2D eigenvalue weighted by atomic mass is 79.9. The lowest BCUT2D eigenvalue weighted by molar-refractivity contribution is -0.274. The van der Waals surface area contributed by atoms with Gasteiger partial charge in [-0.15, -0.1) is 13.2 Å². The average Bonchev–Trinajstić information content (AvgIpc) is 2.89. The van der Waals surface area contributed by atoms with Crippen LogP contribution in [-0.4, -0.2) is 12.9 Å². The molecule has 0 aliphatic heterocycles. The van der Waals surface area contributed by atoms with Crippen molar-refractivity contribution in [2.24, 2.45) is 5.92 Å². The summed E-state index contributed by atoms with van der Waals surface area (Å²) in [4.78, 5) is 0. The van der Waals surface area contributed by atoms with Crippen molar-refractivity contribution < 1.29 is 17.9 Å². The zero-order valence-electron chi connectivity index (χ0n) is 11.7. The molecule has 0 atom stereocenters. The van der Waals surface area contributed by atoms with Gasteiger partial charge in [-0.3, -0.25) is 0 Å². The number of halogens is 4. The molecular formula is C15H19BrF3NO. The van der Waals surface area contributed by atoms with Gasteiger partial charge in [0.15, 0.2) is 0 Å². The molecule has 2 rings (SSSR count). The fourth-order valence-electron chi connectivity index (χ4n) is 2.70. The minimum Gasteiger partial charge on any atom is -0.405 e. The summed E-state index contributed by atoms with van der Waals surface area (Å²) in [5.74, 6) is 0.629. The fourth-order valence-corrected chi connectivity index (χ4v) is 3.21. The molecule has 0 saturated heterocycles. The fraction of sp³-hybridized carbons (Fsp3) is 0.600. The molecule has 1 aliphatic rings. The third kappa shape index (κ3) is 5.87. The van der Waals surface area contributed by atoms with Crippen LogP contribution in [-0.2, 0) is 6.54 Å². The largest absolute Gasteiger partial charge is 0.573 e. The Morgan fingerprint density at radius 3 is 2.57 bits per heavy atom. The number of hydrogen-bond acceptors (Lipinski definition) is 2. The molecule has 0 spiro atoms. The number of nitrogens with one attached hydrogen (secondary N) is 1. The third-order valence-electron chi connectivity index (χ3n) is 3.76. The molecule has 0 amide bonds. The van der Waals surface area contributed by atoms with Crippen molar-refractivity contribution in [2.75, 3.05) is 6.54 Å². The molecule has 118 valence electrons. The van der Waals surface area contributed by atoms with Gasteiger partial charge in [0, 0.05) is 6.54 Å². The Morgan fingerprint density at radius 2 is 1.95 bits per heavy atom. The Morgan fingerprint density at radius 1 is 1.24 bits per heavy atom.